The van der Waals surface area contributed by atoms with Crippen molar-refractivity contribution in [1.82, 2.24) is 0 Å². The Morgan fingerprint density at radius 1 is 1.29 bits per heavy atom. The summed E-state index contributed by atoms with van der Waals surface area (Å²) in [4.78, 5) is 10.6. The summed E-state index contributed by atoms with van der Waals surface area (Å²) < 4.78 is 0. The van der Waals surface area contributed by atoms with E-state index in [1.54, 1.807) is 0 Å². The lowest BCUT2D eigenvalue weighted by Gasteiger charge is -2.18. The number of phenols is 1. The number of aliphatic hydroxyl groups is 3. The highest BCUT2D eigenvalue weighted by Crippen LogP contribution is 2.28. The van der Waals surface area contributed by atoms with Gasteiger partial charge in [-0.1, -0.05) is 6.07 Å². The van der Waals surface area contributed by atoms with Crippen molar-refractivity contribution < 1.29 is 30.3 Å². The van der Waals surface area contributed by atoms with Crippen molar-refractivity contribution in [2.24, 2.45) is 0 Å². The van der Waals surface area contributed by atoms with Gasteiger partial charge in [-0.2, -0.15) is 0 Å². The molecular formula is C11H14O6. The zero-order valence-electron chi connectivity index (χ0n) is 8.95. The smallest absolute Gasteiger partial charge is 0.335 e. The summed E-state index contributed by atoms with van der Waals surface area (Å²) in [5.74, 6) is -1.60. The summed E-state index contributed by atoms with van der Waals surface area (Å²) in [6.45, 7) is -0.299. The van der Waals surface area contributed by atoms with Gasteiger partial charge in [-0.3, -0.25) is 0 Å². The van der Waals surface area contributed by atoms with Crippen molar-refractivity contribution in [2.45, 2.75) is 18.6 Å². The molecule has 0 fully saturated rings. The van der Waals surface area contributed by atoms with Gasteiger partial charge in [0.15, 0.2) is 0 Å². The number of hydrogen-bond donors (Lipinski definition) is 5. The van der Waals surface area contributed by atoms with Gasteiger partial charge in [-0.15, -0.1) is 0 Å². The maximum Gasteiger partial charge on any atom is 0.335 e. The minimum atomic E-state index is -1.37. The first-order valence-corrected chi connectivity index (χ1v) is 5.00. The Morgan fingerprint density at radius 2 is 1.94 bits per heavy atom. The zero-order valence-corrected chi connectivity index (χ0v) is 8.95. The van der Waals surface area contributed by atoms with Crippen LogP contribution in [-0.4, -0.2) is 44.2 Å². The first kappa shape index (κ1) is 13.4. The first-order valence-electron chi connectivity index (χ1n) is 5.00. The van der Waals surface area contributed by atoms with Crippen LogP contribution in [0.15, 0.2) is 18.2 Å². The van der Waals surface area contributed by atoms with Crippen molar-refractivity contribution in [3.63, 3.8) is 0 Å². The van der Waals surface area contributed by atoms with Gasteiger partial charge in [-0.25, -0.2) is 4.79 Å². The molecule has 0 radical (unpaired) electrons. The summed E-state index contributed by atoms with van der Waals surface area (Å²) in [6.07, 6.45) is -2.63. The lowest BCUT2D eigenvalue weighted by molar-refractivity contribution is 0.00304. The van der Waals surface area contributed by atoms with Gasteiger partial charge in [0.1, 0.15) is 11.9 Å². The molecule has 17 heavy (non-hydrogen) atoms. The lowest BCUT2D eigenvalue weighted by atomic mass is 10.00. The normalized spacial score (nSPS) is 14.3. The molecule has 6 nitrogen and oxygen atoms in total. The van der Waals surface area contributed by atoms with Gasteiger partial charge in [0, 0.05) is 12.2 Å². The Labute approximate surface area is 97.4 Å². The number of carboxylic acid groups (broad SMARTS) is 1. The predicted molar refractivity (Wildman–Crippen MR) is 57.7 cm³/mol. The molecule has 0 bridgehead atoms. The second kappa shape index (κ2) is 5.62. The predicted octanol–water partition coefficient (Wildman–Crippen LogP) is -0.133. The van der Waals surface area contributed by atoms with E-state index in [2.05, 4.69) is 0 Å². The minimum Gasteiger partial charge on any atom is -0.508 e. The molecule has 0 aliphatic rings. The molecule has 1 aromatic rings. The number of phenolic OH excluding ortho intramolecular Hbond substituents is 1. The molecule has 6 heteroatoms. The fraction of sp³-hybridized carbons (Fsp3) is 0.364. The lowest BCUT2D eigenvalue weighted by Crippen LogP contribution is -2.19. The zero-order chi connectivity index (χ0) is 13.0. The van der Waals surface area contributed by atoms with E-state index in [1.165, 1.54) is 12.1 Å². The fourth-order valence-corrected chi connectivity index (χ4v) is 1.42. The summed E-state index contributed by atoms with van der Waals surface area (Å²) in [6, 6.07) is 3.43. The van der Waals surface area contributed by atoms with E-state index >= 15 is 0 Å². The molecule has 2 atom stereocenters. The SMILES string of the molecule is O=C(O)c1ccc(C(O)C(O)CCO)c(O)c1. The largest absolute Gasteiger partial charge is 0.508 e. The summed E-state index contributed by atoms with van der Waals surface area (Å²) in [7, 11) is 0. The van der Waals surface area contributed by atoms with Crippen LogP contribution in [0.5, 0.6) is 5.75 Å². The third-order valence-corrected chi connectivity index (χ3v) is 2.39. The Morgan fingerprint density at radius 3 is 2.41 bits per heavy atom. The molecule has 0 aromatic heterocycles. The molecule has 0 saturated heterocycles. The molecule has 1 aromatic carbocycles. The third kappa shape index (κ3) is 3.16. The molecule has 0 amide bonds. The Bertz CT molecular complexity index is 403. The van der Waals surface area contributed by atoms with E-state index in [9.17, 15) is 20.1 Å². The number of hydrogen-bond acceptors (Lipinski definition) is 5. The van der Waals surface area contributed by atoms with Crippen LogP contribution in [0, 0.1) is 0 Å². The number of aromatic hydroxyl groups is 1. The summed E-state index contributed by atoms with van der Waals surface area (Å²) in [5, 5.41) is 45.9. The van der Waals surface area contributed by atoms with Crippen LogP contribution in [0.1, 0.15) is 28.4 Å². The maximum atomic E-state index is 10.6. The van der Waals surface area contributed by atoms with Gasteiger partial charge in [-0.05, 0) is 18.6 Å². The van der Waals surface area contributed by atoms with Crippen LogP contribution in [-0.2, 0) is 0 Å². The molecule has 1 rings (SSSR count). The Balaban J connectivity index is 2.95. The molecule has 0 heterocycles. The van der Waals surface area contributed by atoms with Crippen LogP contribution < -0.4 is 0 Å². The monoisotopic (exact) mass is 242 g/mol. The van der Waals surface area contributed by atoms with Crippen molar-refractivity contribution in [3.05, 3.63) is 29.3 Å². The summed E-state index contributed by atoms with van der Waals surface area (Å²) >= 11 is 0. The van der Waals surface area contributed by atoms with Gasteiger partial charge < -0.3 is 25.5 Å². The number of aliphatic hydroxyl groups excluding tert-OH is 3. The average molecular weight is 242 g/mol. The number of benzene rings is 1. The van der Waals surface area contributed by atoms with Crippen molar-refractivity contribution >= 4 is 5.97 Å². The highest BCUT2D eigenvalue weighted by Gasteiger charge is 2.21. The highest BCUT2D eigenvalue weighted by atomic mass is 16.4. The van der Waals surface area contributed by atoms with Crippen molar-refractivity contribution in [2.75, 3.05) is 6.61 Å². The van der Waals surface area contributed by atoms with Crippen LogP contribution >= 0.6 is 0 Å². The molecule has 0 spiro atoms. The maximum absolute atomic E-state index is 10.6. The van der Waals surface area contributed by atoms with E-state index in [4.69, 9.17) is 10.2 Å². The van der Waals surface area contributed by atoms with Gasteiger partial charge >= 0.3 is 5.97 Å². The van der Waals surface area contributed by atoms with E-state index in [1.807, 2.05) is 0 Å². The molecular weight excluding hydrogens is 228 g/mol. The van der Waals surface area contributed by atoms with E-state index in [-0.39, 0.29) is 24.2 Å². The minimum absolute atomic E-state index is 0.0240. The number of aromatic carboxylic acids is 1. The molecule has 0 aliphatic carbocycles. The number of rotatable bonds is 5. The van der Waals surface area contributed by atoms with E-state index < -0.39 is 23.9 Å². The molecule has 0 aliphatic heterocycles. The first-order chi connectivity index (χ1) is 7.97. The summed E-state index contributed by atoms with van der Waals surface area (Å²) in [5.41, 5.74) is -0.0916. The standard InChI is InChI=1S/C11H14O6/c12-4-3-8(13)10(15)7-2-1-6(11(16)17)5-9(7)14/h1-2,5,8,10,12-15H,3-4H2,(H,16,17). The topological polar surface area (TPSA) is 118 Å². The highest BCUT2D eigenvalue weighted by molar-refractivity contribution is 5.88. The van der Waals surface area contributed by atoms with Crippen LogP contribution in [0.2, 0.25) is 0 Å². The van der Waals surface area contributed by atoms with Crippen molar-refractivity contribution in [3.8, 4) is 5.75 Å². The Kier molecular flexibility index (Phi) is 4.45. The quantitative estimate of drug-likeness (QED) is 0.490. The number of carbonyl (C=O) groups is 1. The fourth-order valence-electron chi connectivity index (χ4n) is 1.42. The third-order valence-electron chi connectivity index (χ3n) is 2.39. The van der Waals surface area contributed by atoms with Gasteiger partial charge in [0.05, 0.1) is 11.7 Å². The van der Waals surface area contributed by atoms with Crippen LogP contribution in [0.3, 0.4) is 0 Å². The van der Waals surface area contributed by atoms with Crippen LogP contribution in [0.25, 0.3) is 0 Å². The molecule has 5 N–H and O–H groups in total. The second-order valence-corrected chi connectivity index (χ2v) is 3.60. The van der Waals surface area contributed by atoms with Gasteiger partial charge in [0.25, 0.3) is 0 Å². The Hall–Kier alpha value is -1.63. The van der Waals surface area contributed by atoms with Gasteiger partial charge in [0.2, 0.25) is 0 Å². The molecule has 0 saturated carbocycles. The molecule has 2 unspecified atom stereocenters. The van der Waals surface area contributed by atoms with Crippen molar-refractivity contribution in [1.29, 1.82) is 0 Å². The van der Waals surface area contributed by atoms with Crippen LogP contribution in [0.4, 0.5) is 0 Å². The molecule has 94 valence electrons. The second-order valence-electron chi connectivity index (χ2n) is 3.60. The average Bonchev–Trinajstić information content (AvgIpc) is 2.28. The van der Waals surface area contributed by atoms with E-state index in [0.29, 0.717) is 0 Å². The van der Waals surface area contributed by atoms with E-state index in [0.717, 1.165) is 6.07 Å². The number of carboxylic acids is 1.